The number of hydrogen-bond acceptors (Lipinski definition) is 4. The van der Waals surface area contributed by atoms with E-state index in [4.69, 9.17) is 0 Å². The smallest absolute Gasteiger partial charge is 0.255 e. The number of pyridine rings is 1. The van der Waals surface area contributed by atoms with Gasteiger partial charge in [0.1, 0.15) is 11.9 Å². The molecule has 0 spiro atoms. The van der Waals surface area contributed by atoms with E-state index in [-0.39, 0.29) is 5.91 Å². The van der Waals surface area contributed by atoms with Crippen LogP contribution < -0.4 is 10.2 Å². The third-order valence-corrected chi connectivity index (χ3v) is 4.23. The third-order valence-electron chi connectivity index (χ3n) is 4.23. The first-order valence-corrected chi connectivity index (χ1v) is 8.76. The van der Waals surface area contributed by atoms with Gasteiger partial charge in [0.25, 0.3) is 5.91 Å². The molecule has 0 aliphatic carbocycles. The lowest BCUT2D eigenvalue weighted by Crippen LogP contribution is -2.23. The maximum Gasteiger partial charge on any atom is 0.255 e. The monoisotopic (exact) mass is 356 g/mol. The second-order valence-corrected chi connectivity index (χ2v) is 6.01. The van der Waals surface area contributed by atoms with Crippen molar-refractivity contribution in [2.75, 3.05) is 16.8 Å². The maximum absolute atomic E-state index is 12.6. The van der Waals surface area contributed by atoms with Crippen LogP contribution in [0.4, 0.5) is 11.5 Å². The standard InChI is InChI=1S/C22H20N4O/c1-2-26(16-17-8-4-3-5-9-17)21-14-18(12-13-24-21)22(27)25-20-11-7-6-10-19(20)15-23/h3-14H,2,16H2,1H3,(H,25,27). The second-order valence-electron chi connectivity index (χ2n) is 6.01. The number of benzene rings is 2. The van der Waals surface area contributed by atoms with Crippen LogP contribution >= 0.6 is 0 Å². The molecule has 1 N–H and O–H groups in total. The number of para-hydroxylation sites is 1. The highest BCUT2D eigenvalue weighted by Crippen LogP contribution is 2.18. The zero-order chi connectivity index (χ0) is 19.1. The van der Waals surface area contributed by atoms with E-state index in [0.717, 1.165) is 12.4 Å². The summed E-state index contributed by atoms with van der Waals surface area (Å²) >= 11 is 0. The van der Waals surface area contributed by atoms with E-state index in [9.17, 15) is 10.1 Å². The average molecular weight is 356 g/mol. The van der Waals surface area contributed by atoms with Crippen molar-refractivity contribution < 1.29 is 4.79 Å². The molecule has 134 valence electrons. The summed E-state index contributed by atoms with van der Waals surface area (Å²) in [6, 6.07) is 22.6. The molecule has 1 aromatic heterocycles. The van der Waals surface area contributed by atoms with E-state index in [2.05, 4.69) is 40.3 Å². The van der Waals surface area contributed by atoms with Gasteiger partial charge in [0.15, 0.2) is 0 Å². The predicted octanol–water partition coefficient (Wildman–Crippen LogP) is 4.23. The minimum atomic E-state index is -0.267. The SMILES string of the molecule is CCN(Cc1ccccc1)c1cc(C(=O)Nc2ccccc2C#N)ccn1. The number of carbonyl (C=O) groups excluding carboxylic acids is 1. The van der Waals surface area contributed by atoms with E-state index < -0.39 is 0 Å². The van der Waals surface area contributed by atoms with Gasteiger partial charge in [0.05, 0.1) is 11.3 Å². The molecule has 3 rings (SSSR count). The molecule has 0 bridgehead atoms. The van der Waals surface area contributed by atoms with Gasteiger partial charge >= 0.3 is 0 Å². The van der Waals surface area contributed by atoms with Crippen LogP contribution in [0.1, 0.15) is 28.4 Å². The van der Waals surface area contributed by atoms with Crippen molar-refractivity contribution >= 4 is 17.4 Å². The third kappa shape index (κ3) is 4.50. The molecule has 5 nitrogen and oxygen atoms in total. The van der Waals surface area contributed by atoms with Gasteiger partial charge in [-0.3, -0.25) is 4.79 Å². The summed E-state index contributed by atoms with van der Waals surface area (Å²) < 4.78 is 0. The Morgan fingerprint density at radius 1 is 1.11 bits per heavy atom. The van der Waals surface area contributed by atoms with Gasteiger partial charge < -0.3 is 10.2 Å². The van der Waals surface area contributed by atoms with Crippen molar-refractivity contribution in [3.05, 3.63) is 89.6 Å². The molecule has 0 saturated heterocycles. The number of rotatable bonds is 6. The summed E-state index contributed by atoms with van der Waals surface area (Å²) in [5.74, 6) is 0.472. The van der Waals surface area contributed by atoms with Gasteiger partial charge in [0.2, 0.25) is 0 Å². The highest BCUT2D eigenvalue weighted by atomic mass is 16.1. The summed E-state index contributed by atoms with van der Waals surface area (Å²) in [4.78, 5) is 19.2. The quantitative estimate of drug-likeness (QED) is 0.717. The minimum absolute atomic E-state index is 0.267. The summed E-state index contributed by atoms with van der Waals surface area (Å²) in [5.41, 5.74) is 2.61. The van der Waals surface area contributed by atoms with E-state index in [1.807, 2.05) is 18.2 Å². The Labute approximate surface area is 158 Å². The van der Waals surface area contributed by atoms with Crippen LogP contribution in [0.15, 0.2) is 72.9 Å². The van der Waals surface area contributed by atoms with Crippen molar-refractivity contribution in [2.45, 2.75) is 13.5 Å². The Bertz CT molecular complexity index is 963. The van der Waals surface area contributed by atoms with Gasteiger partial charge in [-0.1, -0.05) is 42.5 Å². The maximum atomic E-state index is 12.6. The molecule has 27 heavy (non-hydrogen) atoms. The molecule has 2 aromatic carbocycles. The van der Waals surface area contributed by atoms with Crippen molar-refractivity contribution in [3.63, 3.8) is 0 Å². The summed E-state index contributed by atoms with van der Waals surface area (Å²) in [5, 5.41) is 12.0. The Balaban J connectivity index is 1.80. The Hall–Kier alpha value is -3.65. The van der Waals surface area contributed by atoms with Crippen LogP contribution in [0, 0.1) is 11.3 Å². The van der Waals surface area contributed by atoms with E-state index in [1.165, 1.54) is 5.56 Å². The molecule has 0 unspecified atom stereocenters. The molecule has 5 heteroatoms. The molecular weight excluding hydrogens is 336 g/mol. The Morgan fingerprint density at radius 3 is 2.59 bits per heavy atom. The van der Waals surface area contributed by atoms with Crippen molar-refractivity contribution in [2.24, 2.45) is 0 Å². The number of amides is 1. The second kappa shape index (κ2) is 8.63. The molecule has 0 fully saturated rings. The first-order valence-electron chi connectivity index (χ1n) is 8.76. The van der Waals surface area contributed by atoms with E-state index in [0.29, 0.717) is 23.4 Å². The first kappa shape index (κ1) is 18.2. The normalized spacial score (nSPS) is 10.1. The molecule has 3 aromatic rings. The lowest BCUT2D eigenvalue weighted by Gasteiger charge is -2.22. The zero-order valence-corrected chi connectivity index (χ0v) is 15.1. The fraction of sp³-hybridized carbons (Fsp3) is 0.136. The summed E-state index contributed by atoms with van der Waals surface area (Å²) in [6.07, 6.45) is 1.63. The molecule has 1 heterocycles. The molecule has 0 radical (unpaired) electrons. The average Bonchev–Trinajstić information content (AvgIpc) is 2.73. The van der Waals surface area contributed by atoms with Gasteiger partial charge in [-0.2, -0.15) is 5.26 Å². The Morgan fingerprint density at radius 2 is 1.85 bits per heavy atom. The number of carbonyl (C=O) groups is 1. The highest BCUT2D eigenvalue weighted by molar-refractivity contribution is 6.05. The van der Waals surface area contributed by atoms with Gasteiger partial charge in [-0.25, -0.2) is 4.98 Å². The molecule has 0 saturated carbocycles. The first-order chi connectivity index (χ1) is 13.2. The summed E-state index contributed by atoms with van der Waals surface area (Å²) in [7, 11) is 0. The number of hydrogen-bond donors (Lipinski definition) is 1. The lowest BCUT2D eigenvalue weighted by atomic mass is 10.1. The van der Waals surface area contributed by atoms with Crippen LogP contribution in [0.5, 0.6) is 0 Å². The van der Waals surface area contributed by atoms with Crippen molar-refractivity contribution in [1.82, 2.24) is 4.98 Å². The number of nitrogens with zero attached hydrogens (tertiary/aromatic N) is 3. The minimum Gasteiger partial charge on any atom is -0.353 e. The number of aromatic nitrogens is 1. The summed E-state index contributed by atoms with van der Waals surface area (Å²) in [6.45, 7) is 3.54. The fourth-order valence-corrected chi connectivity index (χ4v) is 2.78. The predicted molar refractivity (Wildman–Crippen MR) is 107 cm³/mol. The van der Waals surface area contributed by atoms with Crippen molar-refractivity contribution in [3.8, 4) is 6.07 Å². The molecule has 1 amide bonds. The lowest BCUT2D eigenvalue weighted by molar-refractivity contribution is 0.102. The zero-order valence-electron chi connectivity index (χ0n) is 15.1. The number of anilines is 2. The topological polar surface area (TPSA) is 69.0 Å². The fourth-order valence-electron chi connectivity index (χ4n) is 2.78. The van der Waals surface area contributed by atoms with Crippen LogP contribution in [-0.4, -0.2) is 17.4 Å². The van der Waals surface area contributed by atoms with E-state index in [1.54, 1.807) is 42.6 Å². The number of nitrogens with one attached hydrogen (secondary N) is 1. The van der Waals surface area contributed by atoms with E-state index >= 15 is 0 Å². The molecular formula is C22H20N4O. The van der Waals surface area contributed by atoms with Crippen LogP contribution in [0.25, 0.3) is 0 Å². The van der Waals surface area contributed by atoms with Crippen LogP contribution in [0.3, 0.4) is 0 Å². The molecule has 0 atom stereocenters. The Kier molecular flexibility index (Phi) is 5.80. The van der Waals surface area contributed by atoms with Crippen molar-refractivity contribution in [1.29, 1.82) is 5.26 Å². The van der Waals surface area contributed by atoms with Gasteiger partial charge in [-0.15, -0.1) is 0 Å². The largest absolute Gasteiger partial charge is 0.353 e. The van der Waals surface area contributed by atoms with Crippen LogP contribution in [-0.2, 0) is 6.54 Å². The molecule has 0 aliphatic heterocycles. The highest BCUT2D eigenvalue weighted by Gasteiger charge is 2.13. The van der Waals surface area contributed by atoms with Gasteiger partial charge in [0, 0.05) is 24.8 Å². The number of nitriles is 1. The molecule has 0 aliphatic rings. The van der Waals surface area contributed by atoms with Crippen LogP contribution in [0.2, 0.25) is 0 Å². The van der Waals surface area contributed by atoms with Gasteiger partial charge in [-0.05, 0) is 36.8 Å².